The second kappa shape index (κ2) is 6.42. The fourth-order valence-corrected chi connectivity index (χ4v) is 5.34. The molecule has 0 N–H and O–H groups in total. The monoisotopic (exact) mass is 365 g/mol. The first kappa shape index (κ1) is 17.9. The average molecular weight is 365 g/mol. The molecular formula is C17H23N3O4S. The third-order valence-electron chi connectivity index (χ3n) is 5.11. The molecular weight excluding hydrogens is 342 g/mol. The summed E-state index contributed by atoms with van der Waals surface area (Å²) in [5.74, 6) is 0. The van der Waals surface area contributed by atoms with Gasteiger partial charge in [0.05, 0.1) is 15.9 Å². The molecule has 7 nitrogen and oxygen atoms in total. The van der Waals surface area contributed by atoms with Crippen LogP contribution in [0.25, 0.3) is 11.0 Å². The van der Waals surface area contributed by atoms with E-state index >= 15 is 0 Å². The summed E-state index contributed by atoms with van der Waals surface area (Å²) in [6.45, 7) is 2.52. The molecule has 0 aliphatic carbocycles. The molecule has 8 heteroatoms. The van der Waals surface area contributed by atoms with E-state index in [1.54, 1.807) is 10.4 Å². The highest BCUT2D eigenvalue weighted by atomic mass is 32.2. The zero-order valence-corrected chi connectivity index (χ0v) is 15.5. The predicted molar refractivity (Wildman–Crippen MR) is 96.3 cm³/mol. The molecule has 136 valence electrons. The predicted octanol–water partition coefficient (Wildman–Crippen LogP) is 1.19. The van der Waals surface area contributed by atoms with Gasteiger partial charge in [0.2, 0.25) is 10.0 Å². The molecule has 1 saturated heterocycles. The van der Waals surface area contributed by atoms with Crippen LogP contribution in [0.3, 0.4) is 0 Å². The Kier molecular flexibility index (Phi) is 4.59. The smallest absolute Gasteiger partial charge is 0.305 e. The van der Waals surface area contributed by atoms with Crippen molar-refractivity contribution in [2.75, 3.05) is 6.54 Å². The lowest BCUT2D eigenvalue weighted by Crippen LogP contribution is -2.43. The van der Waals surface area contributed by atoms with Gasteiger partial charge in [-0.2, -0.15) is 4.31 Å². The summed E-state index contributed by atoms with van der Waals surface area (Å²) < 4.78 is 30.3. The van der Waals surface area contributed by atoms with Crippen molar-refractivity contribution in [1.29, 1.82) is 0 Å². The van der Waals surface area contributed by atoms with E-state index in [0.29, 0.717) is 17.6 Å². The van der Waals surface area contributed by atoms with E-state index in [1.165, 1.54) is 35.4 Å². The summed E-state index contributed by atoms with van der Waals surface area (Å²) >= 11 is 0. The Bertz CT molecular complexity index is 1040. The van der Waals surface area contributed by atoms with Crippen molar-refractivity contribution >= 4 is 21.1 Å². The van der Waals surface area contributed by atoms with Crippen LogP contribution in [0.4, 0.5) is 0 Å². The van der Waals surface area contributed by atoms with Crippen LogP contribution in [0.15, 0.2) is 32.7 Å². The number of aryl methyl sites for hydroxylation is 2. The second-order valence-corrected chi connectivity index (χ2v) is 8.44. The van der Waals surface area contributed by atoms with Crippen LogP contribution in [0.2, 0.25) is 0 Å². The Morgan fingerprint density at radius 2 is 1.68 bits per heavy atom. The molecule has 2 aromatic rings. The van der Waals surface area contributed by atoms with Crippen molar-refractivity contribution in [2.24, 2.45) is 14.1 Å². The van der Waals surface area contributed by atoms with Gasteiger partial charge in [0.25, 0.3) is 0 Å². The van der Waals surface area contributed by atoms with Gasteiger partial charge < -0.3 is 9.13 Å². The molecule has 0 radical (unpaired) electrons. The molecule has 1 aliphatic heterocycles. The lowest BCUT2D eigenvalue weighted by Gasteiger charge is -2.34. The van der Waals surface area contributed by atoms with Gasteiger partial charge in [0.15, 0.2) is 0 Å². The van der Waals surface area contributed by atoms with E-state index < -0.39 is 21.1 Å². The minimum absolute atomic E-state index is 0.0124. The molecule has 3 rings (SSSR count). The number of nitrogens with zero attached hydrogens (tertiary/aromatic N) is 3. The van der Waals surface area contributed by atoms with Crippen molar-refractivity contribution in [1.82, 2.24) is 13.4 Å². The van der Waals surface area contributed by atoms with E-state index in [9.17, 15) is 18.0 Å². The van der Waals surface area contributed by atoms with Gasteiger partial charge in [0.1, 0.15) is 0 Å². The highest BCUT2D eigenvalue weighted by Gasteiger charge is 2.32. The van der Waals surface area contributed by atoms with Gasteiger partial charge >= 0.3 is 11.1 Å². The molecule has 1 aromatic carbocycles. The first-order valence-corrected chi connectivity index (χ1v) is 9.94. The largest absolute Gasteiger partial charge is 0.316 e. The maximum Gasteiger partial charge on any atom is 0.316 e. The molecule has 0 spiro atoms. The van der Waals surface area contributed by atoms with Crippen LogP contribution >= 0.6 is 0 Å². The van der Waals surface area contributed by atoms with Gasteiger partial charge in [-0.25, -0.2) is 8.42 Å². The number of hydrogen-bond acceptors (Lipinski definition) is 4. The van der Waals surface area contributed by atoms with E-state index in [-0.39, 0.29) is 10.9 Å². The summed E-state index contributed by atoms with van der Waals surface area (Å²) in [7, 11) is -0.641. The summed E-state index contributed by atoms with van der Waals surface area (Å²) in [5.41, 5.74) is -0.350. The van der Waals surface area contributed by atoms with Crippen molar-refractivity contribution in [3.63, 3.8) is 0 Å². The minimum Gasteiger partial charge on any atom is -0.305 e. The Balaban J connectivity index is 2.19. The summed E-state index contributed by atoms with van der Waals surface area (Å²) in [5, 5.41) is 0. The van der Waals surface area contributed by atoms with Crippen molar-refractivity contribution in [3.8, 4) is 0 Å². The molecule has 1 fully saturated rings. The van der Waals surface area contributed by atoms with E-state index in [4.69, 9.17) is 0 Å². The number of benzene rings is 1. The zero-order valence-electron chi connectivity index (χ0n) is 14.7. The van der Waals surface area contributed by atoms with Crippen LogP contribution in [0, 0.1) is 0 Å². The van der Waals surface area contributed by atoms with Crippen molar-refractivity contribution < 1.29 is 8.42 Å². The van der Waals surface area contributed by atoms with Gasteiger partial charge in [-0.3, -0.25) is 9.59 Å². The molecule has 0 saturated carbocycles. The van der Waals surface area contributed by atoms with Crippen LogP contribution in [-0.2, 0) is 24.1 Å². The maximum atomic E-state index is 13.1. The molecule has 1 atom stereocenters. The Morgan fingerprint density at radius 3 is 2.32 bits per heavy atom. The third kappa shape index (κ3) is 2.83. The molecule has 1 aliphatic rings. The number of aromatic nitrogens is 2. The highest BCUT2D eigenvalue weighted by Crippen LogP contribution is 2.28. The molecule has 0 amide bonds. The first-order chi connectivity index (χ1) is 11.8. The van der Waals surface area contributed by atoms with E-state index in [0.717, 1.165) is 25.7 Å². The SMILES string of the molecule is CCC1CCCCN1S(=O)(=O)c1ccc2c(c1)n(C)c(=O)c(=O)n2C. The Morgan fingerprint density at radius 1 is 1.04 bits per heavy atom. The number of sulfonamides is 1. The fourth-order valence-electron chi connectivity index (χ4n) is 3.56. The maximum absolute atomic E-state index is 13.1. The van der Waals surface area contributed by atoms with E-state index in [2.05, 4.69) is 0 Å². The summed E-state index contributed by atoms with van der Waals surface area (Å²) in [6.07, 6.45) is 3.55. The van der Waals surface area contributed by atoms with Gasteiger partial charge in [0, 0.05) is 26.7 Å². The van der Waals surface area contributed by atoms with Gasteiger partial charge in [-0.05, 0) is 37.5 Å². The Hall–Kier alpha value is -1.93. The van der Waals surface area contributed by atoms with E-state index in [1.807, 2.05) is 6.92 Å². The number of piperidine rings is 1. The molecule has 1 unspecified atom stereocenters. The molecule has 0 bridgehead atoms. The standard InChI is InChI=1S/C17H23N3O4S/c1-4-12-7-5-6-10-20(12)25(23,24)13-8-9-14-15(11-13)19(3)17(22)16(21)18(14)2/h8-9,11-12H,4-7,10H2,1-3H3. The minimum atomic E-state index is -3.64. The van der Waals surface area contributed by atoms with Crippen LogP contribution in [-0.4, -0.2) is 34.4 Å². The molecule has 1 aromatic heterocycles. The normalized spacial score (nSPS) is 19.4. The van der Waals surface area contributed by atoms with Gasteiger partial charge in [-0.1, -0.05) is 13.3 Å². The summed E-state index contributed by atoms with van der Waals surface area (Å²) in [6, 6.07) is 4.61. The van der Waals surface area contributed by atoms with Crippen LogP contribution < -0.4 is 11.1 Å². The van der Waals surface area contributed by atoms with Crippen LogP contribution in [0.5, 0.6) is 0 Å². The fraction of sp³-hybridized carbons (Fsp3) is 0.529. The zero-order chi connectivity index (χ0) is 18.4. The summed E-state index contributed by atoms with van der Waals surface area (Å²) in [4.78, 5) is 24.1. The quantitative estimate of drug-likeness (QED) is 0.765. The average Bonchev–Trinajstić information content (AvgIpc) is 2.64. The first-order valence-electron chi connectivity index (χ1n) is 8.50. The lowest BCUT2D eigenvalue weighted by molar-refractivity contribution is 0.246. The molecule has 25 heavy (non-hydrogen) atoms. The topological polar surface area (TPSA) is 81.4 Å². The molecule has 2 heterocycles. The van der Waals surface area contributed by atoms with Gasteiger partial charge in [-0.15, -0.1) is 0 Å². The number of fused-ring (bicyclic) bond motifs is 1. The number of rotatable bonds is 3. The lowest BCUT2D eigenvalue weighted by atomic mass is 10.0. The highest BCUT2D eigenvalue weighted by molar-refractivity contribution is 7.89. The Labute approximate surface area is 146 Å². The number of hydrogen-bond donors (Lipinski definition) is 0. The van der Waals surface area contributed by atoms with Crippen molar-refractivity contribution in [2.45, 2.75) is 43.5 Å². The van der Waals surface area contributed by atoms with Crippen LogP contribution in [0.1, 0.15) is 32.6 Å². The third-order valence-corrected chi connectivity index (χ3v) is 7.06. The van der Waals surface area contributed by atoms with Crippen molar-refractivity contribution in [3.05, 3.63) is 38.9 Å². The second-order valence-electron chi connectivity index (χ2n) is 6.55.